The highest BCUT2D eigenvalue weighted by Crippen LogP contribution is 2.09. The van der Waals surface area contributed by atoms with Crippen molar-refractivity contribution >= 4 is 5.91 Å². The van der Waals surface area contributed by atoms with Gasteiger partial charge in [0, 0.05) is 25.8 Å². The number of hydrogen-bond donors (Lipinski definition) is 2. The summed E-state index contributed by atoms with van der Waals surface area (Å²) in [5.74, 6) is -0.124. The average Bonchev–Trinajstić information content (AvgIpc) is 2.30. The Hall–Kier alpha value is -1.39. The lowest BCUT2D eigenvalue weighted by Gasteiger charge is -2.08. The summed E-state index contributed by atoms with van der Waals surface area (Å²) in [4.78, 5) is 11.8. The second-order valence-corrected chi connectivity index (χ2v) is 3.42. The molecule has 1 amide bonds. The Balaban J connectivity index is 2.66. The van der Waals surface area contributed by atoms with Crippen LogP contribution in [0.4, 0.5) is 0 Å². The van der Waals surface area contributed by atoms with Gasteiger partial charge in [0.05, 0.1) is 6.61 Å². The molecule has 0 unspecified atom stereocenters. The number of carbonyl (C=O) groups excluding carboxylic acids is 1. The van der Waals surface area contributed by atoms with Crippen LogP contribution in [0.25, 0.3) is 0 Å². The van der Waals surface area contributed by atoms with Gasteiger partial charge in [0.25, 0.3) is 5.91 Å². The molecule has 0 spiro atoms. The molecule has 0 radical (unpaired) electrons. The molecule has 1 aromatic carbocycles. The lowest BCUT2D eigenvalue weighted by Crippen LogP contribution is -2.26. The zero-order valence-corrected chi connectivity index (χ0v) is 9.40. The maximum Gasteiger partial charge on any atom is 0.251 e. The quantitative estimate of drug-likeness (QED) is 0.706. The predicted octanol–water partition coefficient (Wildman–Crippen LogP) is 0.945. The van der Waals surface area contributed by atoms with Crippen molar-refractivity contribution in [3.8, 4) is 0 Å². The van der Waals surface area contributed by atoms with Crippen molar-refractivity contribution < 1.29 is 14.6 Å². The lowest BCUT2D eigenvalue weighted by atomic mass is 10.1. The van der Waals surface area contributed by atoms with Crippen molar-refractivity contribution in [1.82, 2.24) is 5.32 Å². The van der Waals surface area contributed by atoms with E-state index in [4.69, 9.17) is 9.84 Å². The number of benzene rings is 1. The van der Waals surface area contributed by atoms with Gasteiger partial charge in [-0.05, 0) is 18.1 Å². The maximum atomic E-state index is 11.8. The second kappa shape index (κ2) is 6.98. The highest BCUT2D eigenvalue weighted by molar-refractivity contribution is 5.95. The van der Waals surface area contributed by atoms with Crippen molar-refractivity contribution in [3.05, 3.63) is 35.4 Å². The second-order valence-electron chi connectivity index (χ2n) is 3.42. The van der Waals surface area contributed by atoms with Gasteiger partial charge in [-0.15, -0.1) is 0 Å². The molecule has 0 heterocycles. The molecule has 4 nitrogen and oxygen atoms in total. The topological polar surface area (TPSA) is 58.6 Å². The molecular formula is C12H17NO3. The summed E-state index contributed by atoms with van der Waals surface area (Å²) in [6.45, 7) is 0.986. The van der Waals surface area contributed by atoms with E-state index in [1.807, 2.05) is 18.2 Å². The van der Waals surface area contributed by atoms with E-state index in [1.165, 1.54) is 0 Å². The Morgan fingerprint density at radius 3 is 2.88 bits per heavy atom. The Bertz CT molecular complexity index is 339. The largest absolute Gasteiger partial charge is 0.396 e. The van der Waals surface area contributed by atoms with Crippen LogP contribution in [-0.4, -0.2) is 31.3 Å². The maximum absolute atomic E-state index is 11.8. The van der Waals surface area contributed by atoms with E-state index < -0.39 is 0 Å². The molecule has 0 aliphatic heterocycles. The Morgan fingerprint density at radius 1 is 1.44 bits per heavy atom. The first-order valence-electron chi connectivity index (χ1n) is 5.25. The van der Waals surface area contributed by atoms with Crippen molar-refractivity contribution in [3.63, 3.8) is 0 Å². The number of rotatable bonds is 6. The summed E-state index contributed by atoms with van der Waals surface area (Å²) in [7, 11) is 1.60. The molecule has 4 heteroatoms. The molecule has 2 N–H and O–H groups in total. The number of amides is 1. The lowest BCUT2D eigenvalue weighted by molar-refractivity contribution is 0.0946. The van der Waals surface area contributed by atoms with Gasteiger partial charge in [-0.1, -0.05) is 18.2 Å². The van der Waals surface area contributed by atoms with E-state index in [9.17, 15) is 4.79 Å². The van der Waals surface area contributed by atoms with E-state index in [0.29, 0.717) is 25.1 Å². The van der Waals surface area contributed by atoms with Crippen LogP contribution in [0.3, 0.4) is 0 Å². The van der Waals surface area contributed by atoms with Crippen LogP contribution in [-0.2, 0) is 11.3 Å². The highest BCUT2D eigenvalue weighted by atomic mass is 16.5. The van der Waals surface area contributed by atoms with Gasteiger partial charge < -0.3 is 15.2 Å². The van der Waals surface area contributed by atoms with Crippen molar-refractivity contribution in [1.29, 1.82) is 0 Å². The van der Waals surface area contributed by atoms with Crippen LogP contribution < -0.4 is 5.32 Å². The molecule has 0 bridgehead atoms. The van der Waals surface area contributed by atoms with Crippen molar-refractivity contribution in [2.24, 2.45) is 0 Å². The van der Waals surface area contributed by atoms with E-state index in [1.54, 1.807) is 13.2 Å². The standard InChI is InChI=1S/C12H17NO3/c1-16-9-10-5-2-3-6-11(10)12(15)13-7-4-8-14/h2-3,5-6,14H,4,7-9H2,1H3,(H,13,15). The first-order valence-corrected chi connectivity index (χ1v) is 5.25. The summed E-state index contributed by atoms with van der Waals surface area (Å²) in [5, 5.41) is 11.4. The fraction of sp³-hybridized carbons (Fsp3) is 0.417. The molecule has 1 rings (SSSR count). The predicted molar refractivity (Wildman–Crippen MR) is 61.2 cm³/mol. The molecule has 1 aromatic rings. The monoisotopic (exact) mass is 223 g/mol. The van der Waals surface area contributed by atoms with Crippen LogP contribution >= 0.6 is 0 Å². The van der Waals surface area contributed by atoms with Crippen molar-refractivity contribution in [2.45, 2.75) is 13.0 Å². The molecule has 0 aromatic heterocycles. The molecule has 0 atom stereocenters. The van der Waals surface area contributed by atoms with Crippen LogP contribution in [0.1, 0.15) is 22.3 Å². The van der Waals surface area contributed by atoms with E-state index >= 15 is 0 Å². The average molecular weight is 223 g/mol. The van der Waals surface area contributed by atoms with Gasteiger partial charge in [-0.25, -0.2) is 0 Å². The van der Waals surface area contributed by atoms with Gasteiger partial charge in [0.1, 0.15) is 0 Å². The highest BCUT2D eigenvalue weighted by Gasteiger charge is 2.09. The van der Waals surface area contributed by atoms with Crippen LogP contribution in [0.15, 0.2) is 24.3 Å². The molecule has 0 fully saturated rings. The summed E-state index contributed by atoms with van der Waals surface area (Å²) >= 11 is 0. The summed E-state index contributed by atoms with van der Waals surface area (Å²) < 4.78 is 5.02. The van der Waals surface area contributed by atoms with E-state index in [-0.39, 0.29) is 12.5 Å². The number of aliphatic hydroxyl groups is 1. The third-order valence-corrected chi connectivity index (χ3v) is 2.18. The minimum Gasteiger partial charge on any atom is -0.396 e. The van der Waals surface area contributed by atoms with Crippen LogP contribution in [0.5, 0.6) is 0 Å². The minimum absolute atomic E-state index is 0.0833. The summed E-state index contributed by atoms with van der Waals surface area (Å²) in [5.41, 5.74) is 1.49. The first kappa shape index (κ1) is 12.7. The Labute approximate surface area is 95.2 Å². The van der Waals surface area contributed by atoms with Gasteiger partial charge in [-0.2, -0.15) is 0 Å². The third kappa shape index (κ3) is 3.64. The Morgan fingerprint density at radius 2 is 2.19 bits per heavy atom. The molecule has 16 heavy (non-hydrogen) atoms. The molecule has 0 saturated heterocycles. The third-order valence-electron chi connectivity index (χ3n) is 2.18. The van der Waals surface area contributed by atoms with Crippen LogP contribution in [0.2, 0.25) is 0 Å². The summed E-state index contributed by atoms with van der Waals surface area (Å²) in [6, 6.07) is 7.33. The number of ether oxygens (including phenoxy) is 1. The van der Waals surface area contributed by atoms with Gasteiger partial charge in [0.15, 0.2) is 0 Å². The zero-order chi connectivity index (χ0) is 11.8. The number of aliphatic hydroxyl groups excluding tert-OH is 1. The molecular weight excluding hydrogens is 206 g/mol. The van der Waals surface area contributed by atoms with Crippen LogP contribution in [0, 0.1) is 0 Å². The normalized spacial score (nSPS) is 10.1. The van der Waals surface area contributed by atoms with Crippen molar-refractivity contribution in [2.75, 3.05) is 20.3 Å². The molecule has 0 aliphatic rings. The smallest absolute Gasteiger partial charge is 0.251 e. The zero-order valence-electron chi connectivity index (χ0n) is 9.40. The van der Waals surface area contributed by atoms with Gasteiger partial charge in [0.2, 0.25) is 0 Å². The molecule has 0 saturated carbocycles. The number of nitrogens with one attached hydrogen (secondary N) is 1. The SMILES string of the molecule is COCc1ccccc1C(=O)NCCCO. The first-order chi connectivity index (χ1) is 7.79. The van der Waals surface area contributed by atoms with E-state index in [0.717, 1.165) is 5.56 Å². The van der Waals surface area contributed by atoms with E-state index in [2.05, 4.69) is 5.32 Å². The number of carbonyl (C=O) groups is 1. The number of hydrogen-bond acceptors (Lipinski definition) is 3. The molecule has 88 valence electrons. The minimum atomic E-state index is -0.124. The number of methoxy groups -OCH3 is 1. The van der Waals surface area contributed by atoms with Gasteiger partial charge >= 0.3 is 0 Å². The molecule has 0 aliphatic carbocycles. The van der Waals surface area contributed by atoms with Gasteiger partial charge in [-0.3, -0.25) is 4.79 Å². The fourth-order valence-electron chi connectivity index (χ4n) is 1.40. The Kier molecular flexibility index (Phi) is 5.53. The summed E-state index contributed by atoms with van der Waals surface area (Å²) in [6.07, 6.45) is 0.568. The fourth-order valence-corrected chi connectivity index (χ4v) is 1.40.